The topological polar surface area (TPSA) is 0 Å². The summed E-state index contributed by atoms with van der Waals surface area (Å²) in [7, 11) is 8.08. The standard InChI is InChI=1S/C16H34S4/c1-3-5-7-9-11-13-15-17-19-20-18-16-14-12-10-8-6-4-2/h3-16H2,1-2H3. The van der Waals surface area contributed by atoms with E-state index in [0.29, 0.717) is 0 Å². The zero-order valence-electron chi connectivity index (χ0n) is 13.5. The van der Waals surface area contributed by atoms with Crippen LogP contribution in [0.5, 0.6) is 0 Å². The lowest BCUT2D eigenvalue weighted by Crippen LogP contribution is -1.80. The van der Waals surface area contributed by atoms with Crippen LogP contribution in [0.1, 0.15) is 90.9 Å². The summed E-state index contributed by atoms with van der Waals surface area (Å²) in [5.74, 6) is 2.67. The molecule has 122 valence electrons. The van der Waals surface area contributed by atoms with Crippen LogP contribution in [0, 0.1) is 0 Å². The molecule has 0 atom stereocenters. The molecule has 0 aliphatic heterocycles. The van der Waals surface area contributed by atoms with Gasteiger partial charge in [0.1, 0.15) is 0 Å². The number of hydrogen-bond acceptors (Lipinski definition) is 4. The summed E-state index contributed by atoms with van der Waals surface area (Å²) in [5.41, 5.74) is 0. The molecule has 4 heteroatoms. The second-order valence-corrected chi connectivity index (χ2v) is 11.6. The molecule has 0 radical (unpaired) electrons. The van der Waals surface area contributed by atoms with Crippen LogP contribution in [-0.2, 0) is 0 Å². The number of hydrogen-bond donors (Lipinski definition) is 0. The normalized spacial score (nSPS) is 11.1. The first-order chi connectivity index (χ1) is 9.91. The van der Waals surface area contributed by atoms with E-state index in [1.165, 1.54) is 88.6 Å². The average Bonchev–Trinajstić information content (AvgIpc) is 2.47. The molecule has 0 unspecified atom stereocenters. The fraction of sp³-hybridized carbons (Fsp3) is 1.00. The van der Waals surface area contributed by atoms with Gasteiger partial charge in [0.05, 0.1) is 0 Å². The van der Waals surface area contributed by atoms with Crippen LogP contribution < -0.4 is 0 Å². The summed E-state index contributed by atoms with van der Waals surface area (Å²) in [5, 5.41) is 0. The van der Waals surface area contributed by atoms with E-state index in [1.54, 1.807) is 0 Å². The van der Waals surface area contributed by atoms with Crippen LogP contribution in [0.3, 0.4) is 0 Å². The van der Waals surface area contributed by atoms with Crippen molar-refractivity contribution in [2.45, 2.75) is 90.9 Å². The zero-order valence-corrected chi connectivity index (χ0v) is 16.8. The third-order valence-corrected chi connectivity index (χ3v) is 9.92. The van der Waals surface area contributed by atoms with Crippen LogP contribution >= 0.6 is 41.2 Å². The van der Waals surface area contributed by atoms with Crippen molar-refractivity contribution in [2.24, 2.45) is 0 Å². The molecular formula is C16H34S4. The van der Waals surface area contributed by atoms with Crippen LogP contribution in [0.2, 0.25) is 0 Å². The van der Waals surface area contributed by atoms with Gasteiger partial charge in [-0.3, -0.25) is 0 Å². The highest BCUT2D eigenvalue weighted by atomic mass is 33.7. The minimum Gasteiger partial charge on any atom is -0.0817 e. The van der Waals surface area contributed by atoms with E-state index in [0.717, 1.165) is 0 Å². The maximum Gasteiger partial charge on any atom is 0.00454 e. The van der Waals surface area contributed by atoms with Gasteiger partial charge in [-0.05, 0) is 32.5 Å². The SMILES string of the molecule is CCCCCCCCSSSSCCCCCCCC. The second-order valence-electron chi connectivity index (χ2n) is 5.32. The highest BCUT2D eigenvalue weighted by Gasteiger charge is 1.95. The van der Waals surface area contributed by atoms with Gasteiger partial charge in [0, 0.05) is 11.5 Å². The average molecular weight is 355 g/mol. The van der Waals surface area contributed by atoms with E-state index in [2.05, 4.69) is 35.4 Å². The summed E-state index contributed by atoms with van der Waals surface area (Å²) in [6.45, 7) is 4.57. The summed E-state index contributed by atoms with van der Waals surface area (Å²) in [6.07, 6.45) is 17.0. The largest absolute Gasteiger partial charge is 0.0817 e. The first kappa shape index (κ1) is 21.4. The highest BCUT2D eigenvalue weighted by Crippen LogP contribution is 2.43. The van der Waals surface area contributed by atoms with Crippen LogP contribution in [0.4, 0.5) is 0 Å². The van der Waals surface area contributed by atoms with Gasteiger partial charge in [0.2, 0.25) is 0 Å². The quantitative estimate of drug-likeness (QED) is 0.190. The van der Waals surface area contributed by atoms with Crippen molar-refractivity contribution in [2.75, 3.05) is 11.5 Å². The van der Waals surface area contributed by atoms with E-state index in [9.17, 15) is 0 Å². The Hall–Kier alpha value is 1.40. The predicted molar refractivity (Wildman–Crippen MR) is 107 cm³/mol. The van der Waals surface area contributed by atoms with E-state index in [4.69, 9.17) is 0 Å². The van der Waals surface area contributed by atoms with Crippen molar-refractivity contribution in [3.8, 4) is 0 Å². The van der Waals surface area contributed by atoms with Crippen LogP contribution in [0.15, 0.2) is 0 Å². The van der Waals surface area contributed by atoms with Crippen molar-refractivity contribution >= 4 is 41.2 Å². The Morgan fingerprint density at radius 2 is 0.800 bits per heavy atom. The van der Waals surface area contributed by atoms with Gasteiger partial charge >= 0.3 is 0 Å². The molecule has 0 aliphatic carbocycles. The zero-order chi connectivity index (χ0) is 14.7. The molecule has 0 saturated heterocycles. The van der Waals surface area contributed by atoms with Gasteiger partial charge in [-0.1, -0.05) is 99.6 Å². The molecular weight excluding hydrogens is 320 g/mol. The molecule has 0 aromatic heterocycles. The van der Waals surface area contributed by atoms with Gasteiger partial charge in [-0.15, -0.1) is 0 Å². The lowest BCUT2D eigenvalue weighted by atomic mass is 10.1. The molecule has 0 spiro atoms. The molecule has 0 aromatic carbocycles. The van der Waals surface area contributed by atoms with Crippen LogP contribution in [0.25, 0.3) is 0 Å². The van der Waals surface area contributed by atoms with Gasteiger partial charge in [-0.2, -0.15) is 0 Å². The monoisotopic (exact) mass is 354 g/mol. The summed E-state index contributed by atoms with van der Waals surface area (Å²) in [6, 6.07) is 0. The molecule has 0 amide bonds. The second kappa shape index (κ2) is 20.4. The van der Waals surface area contributed by atoms with E-state index >= 15 is 0 Å². The number of rotatable bonds is 17. The first-order valence-corrected chi connectivity index (χ1v) is 13.6. The van der Waals surface area contributed by atoms with Crippen molar-refractivity contribution < 1.29 is 0 Å². The fourth-order valence-corrected chi connectivity index (χ4v) is 8.25. The van der Waals surface area contributed by atoms with E-state index in [1.807, 2.05) is 19.7 Å². The molecule has 0 aromatic rings. The third-order valence-electron chi connectivity index (χ3n) is 3.29. The minimum absolute atomic E-state index is 1.33. The van der Waals surface area contributed by atoms with Gasteiger partial charge in [-0.25, -0.2) is 0 Å². The molecule has 0 rings (SSSR count). The number of unbranched alkanes of at least 4 members (excludes halogenated alkanes) is 10. The molecule has 0 bridgehead atoms. The van der Waals surface area contributed by atoms with E-state index < -0.39 is 0 Å². The van der Waals surface area contributed by atoms with Crippen LogP contribution in [-0.4, -0.2) is 11.5 Å². The lowest BCUT2D eigenvalue weighted by Gasteiger charge is -2.02. The predicted octanol–water partition coefficient (Wildman–Crippen LogP) is 8.39. The molecule has 0 N–H and O–H groups in total. The van der Waals surface area contributed by atoms with Gasteiger partial charge < -0.3 is 0 Å². The lowest BCUT2D eigenvalue weighted by molar-refractivity contribution is 0.627. The maximum atomic E-state index is 2.28. The Morgan fingerprint density at radius 1 is 0.450 bits per heavy atom. The first-order valence-electron chi connectivity index (χ1n) is 8.49. The minimum atomic E-state index is 1.33. The smallest absolute Gasteiger partial charge is 0.00454 e. The molecule has 0 fully saturated rings. The molecule has 0 heterocycles. The van der Waals surface area contributed by atoms with Gasteiger partial charge in [0.15, 0.2) is 0 Å². The summed E-state index contributed by atoms with van der Waals surface area (Å²) < 4.78 is 0. The summed E-state index contributed by atoms with van der Waals surface area (Å²) >= 11 is 0. The maximum absolute atomic E-state index is 2.28. The Kier molecular flexibility index (Phi) is 21.8. The van der Waals surface area contributed by atoms with E-state index in [-0.39, 0.29) is 0 Å². The van der Waals surface area contributed by atoms with Crippen molar-refractivity contribution in [3.05, 3.63) is 0 Å². The Bertz CT molecular complexity index is 147. The third kappa shape index (κ3) is 19.4. The Balaban J connectivity index is 2.89. The molecule has 0 aliphatic rings. The van der Waals surface area contributed by atoms with Gasteiger partial charge in [0.25, 0.3) is 0 Å². The Morgan fingerprint density at radius 3 is 1.20 bits per heavy atom. The molecule has 0 nitrogen and oxygen atoms in total. The van der Waals surface area contributed by atoms with Crippen molar-refractivity contribution in [3.63, 3.8) is 0 Å². The highest BCUT2D eigenvalue weighted by molar-refractivity contribution is 9.26. The van der Waals surface area contributed by atoms with Crippen molar-refractivity contribution in [1.82, 2.24) is 0 Å². The molecule has 20 heavy (non-hydrogen) atoms. The summed E-state index contributed by atoms with van der Waals surface area (Å²) in [4.78, 5) is 0. The fourth-order valence-electron chi connectivity index (χ4n) is 1.99. The van der Waals surface area contributed by atoms with Crippen molar-refractivity contribution in [1.29, 1.82) is 0 Å². The Labute approximate surface area is 143 Å². The molecule has 0 saturated carbocycles.